The molecule has 1 saturated heterocycles. The van der Waals surface area contributed by atoms with Gasteiger partial charge in [0.25, 0.3) is 11.1 Å². The number of carbonyl (C=O) groups excluding carboxylic acids is 2. The normalized spacial score (nSPS) is 14.7. The molecule has 0 saturated carbocycles. The molecule has 2 amide bonds. The number of rotatable bonds is 7. The molecule has 0 spiro atoms. The molecule has 1 fully saturated rings. The molecule has 1 aliphatic heterocycles. The van der Waals surface area contributed by atoms with Gasteiger partial charge in [-0.25, -0.2) is 0 Å². The van der Waals surface area contributed by atoms with Crippen LogP contribution in [0.2, 0.25) is 10.0 Å². The highest BCUT2D eigenvalue weighted by Crippen LogP contribution is 2.41. The second kappa shape index (κ2) is 11.2. The highest BCUT2D eigenvalue weighted by molar-refractivity contribution is 8.18. The number of halogens is 5. The summed E-state index contributed by atoms with van der Waals surface area (Å²) in [6, 6.07) is 10.9. The third kappa shape index (κ3) is 6.29. The van der Waals surface area contributed by atoms with Gasteiger partial charge >= 0.3 is 11.9 Å². The number of imide groups is 1. The van der Waals surface area contributed by atoms with Crippen LogP contribution in [0.15, 0.2) is 59.5 Å². The van der Waals surface area contributed by atoms with E-state index in [1.165, 1.54) is 37.5 Å². The molecule has 0 N–H and O–H groups in total. The minimum absolute atomic E-state index is 0.0250. The molecule has 0 radical (unpaired) electrons. The van der Waals surface area contributed by atoms with Gasteiger partial charge in [-0.1, -0.05) is 35.3 Å². The SMILES string of the molecule is COc1cc(/C=C2/SC(=O)N(Cc3ccc(Cl)cc3Cl)C2=O)ccc1Oc1ccc(C(F)(F)F)cc1[N+](=O)[O-]. The van der Waals surface area contributed by atoms with Gasteiger partial charge < -0.3 is 9.47 Å². The summed E-state index contributed by atoms with van der Waals surface area (Å²) in [5.41, 5.74) is -1.12. The Morgan fingerprint density at radius 1 is 1.03 bits per heavy atom. The van der Waals surface area contributed by atoms with Crippen molar-refractivity contribution in [3.63, 3.8) is 0 Å². The zero-order valence-electron chi connectivity index (χ0n) is 19.6. The number of nitro benzene ring substituents is 1. The van der Waals surface area contributed by atoms with Crippen LogP contribution in [0.3, 0.4) is 0 Å². The van der Waals surface area contributed by atoms with Gasteiger partial charge in [-0.3, -0.25) is 24.6 Å². The fraction of sp³-hybridized carbons (Fsp3) is 0.120. The van der Waals surface area contributed by atoms with Crippen LogP contribution in [-0.2, 0) is 17.5 Å². The van der Waals surface area contributed by atoms with Crippen LogP contribution in [0.1, 0.15) is 16.7 Å². The van der Waals surface area contributed by atoms with Crippen LogP contribution in [0.4, 0.5) is 23.7 Å². The topological polar surface area (TPSA) is 99.0 Å². The summed E-state index contributed by atoms with van der Waals surface area (Å²) in [6.45, 7) is -0.0555. The lowest BCUT2D eigenvalue weighted by molar-refractivity contribution is -0.385. The largest absolute Gasteiger partial charge is 0.493 e. The van der Waals surface area contributed by atoms with Gasteiger partial charge in [-0.2, -0.15) is 13.2 Å². The number of ether oxygens (including phenoxy) is 2. The first-order valence-electron chi connectivity index (χ1n) is 10.8. The maximum Gasteiger partial charge on any atom is 0.416 e. The first kappa shape index (κ1) is 28.3. The van der Waals surface area contributed by atoms with E-state index in [2.05, 4.69) is 0 Å². The van der Waals surface area contributed by atoms with E-state index in [0.29, 0.717) is 33.3 Å². The molecule has 39 heavy (non-hydrogen) atoms. The third-order valence-electron chi connectivity index (χ3n) is 5.41. The Kier molecular flexibility index (Phi) is 8.09. The number of hydrogen-bond donors (Lipinski definition) is 0. The third-order valence-corrected chi connectivity index (χ3v) is 6.90. The van der Waals surface area contributed by atoms with E-state index in [4.69, 9.17) is 32.7 Å². The Morgan fingerprint density at radius 3 is 2.38 bits per heavy atom. The number of methoxy groups -OCH3 is 1. The maximum atomic E-state index is 13.0. The Balaban J connectivity index is 1.58. The quantitative estimate of drug-likeness (QED) is 0.154. The van der Waals surface area contributed by atoms with Gasteiger partial charge in [0.15, 0.2) is 11.5 Å². The zero-order chi connectivity index (χ0) is 28.5. The molecule has 0 unspecified atom stereocenters. The van der Waals surface area contributed by atoms with Crippen molar-refractivity contribution in [1.82, 2.24) is 4.90 Å². The smallest absolute Gasteiger partial charge is 0.416 e. The van der Waals surface area contributed by atoms with E-state index in [0.717, 1.165) is 22.7 Å². The van der Waals surface area contributed by atoms with Crippen molar-refractivity contribution in [2.45, 2.75) is 12.7 Å². The molecule has 3 aromatic carbocycles. The monoisotopic (exact) mass is 598 g/mol. The number of nitrogens with zero attached hydrogens (tertiary/aromatic N) is 2. The lowest BCUT2D eigenvalue weighted by Gasteiger charge is -2.14. The Bertz CT molecular complexity index is 1530. The van der Waals surface area contributed by atoms with E-state index < -0.39 is 39.2 Å². The number of benzene rings is 3. The van der Waals surface area contributed by atoms with E-state index >= 15 is 0 Å². The van der Waals surface area contributed by atoms with Crippen LogP contribution < -0.4 is 9.47 Å². The zero-order valence-corrected chi connectivity index (χ0v) is 22.0. The molecule has 1 aliphatic rings. The molecule has 0 bridgehead atoms. The van der Waals surface area contributed by atoms with Gasteiger partial charge in [-0.05, 0) is 65.4 Å². The molecule has 0 aromatic heterocycles. The van der Waals surface area contributed by atoms with Crippen molar-refractivity contribution in [2.24, 2.45) is 0 Å². The number of hydrogen-bond acceptors (Lipinski definition) is 7. The van der Waals surface area contributed by atoms with Gasteiger partial charge in [-0.15, -0.1) is 0 Å². The summed E-state index contributed by atoms with van der Waals surface area (Å²) in [5, 5.41) is 11.6. The predicted molar refractivity (Wildman–Crippen MR) is 139 cm³/mol. The van der Waals surface area contributed by atoms with Gasteiger partial charge in [0.1, 0.15) is 0 Å². The van der Waals surface area contributed by atoms with Crippen molar-refractivity contribution in [2.75, 3.05) is 7.11 Å². The number of nitro groups is 1. The van der Waals surface area contributed by atoms with Crippen molar-refractivity contribution < 1.29 is 37.2 Å². The van der Waals surface area contributed by atoms with E-state index in [9.17, 15) is 32.9 Å². The highest BCUT2D eigenvalue weighted by atomic mass is 35.5. The van der Waals surface area contributed by atoms with E-state index in [1.807, 2.05) is 0 Å². The minimum atomic E-state index is -4.77. The van der Waals surface area contributed by atoms with Gasteiger partial charge in [0.2, 0.25) is 5.75 Å². The van der Waals surface area contributed by atoms with Crippen molar-refractivity contribution >= 4 is 57.9 Å². The van der Waals surface area contributed by atoms with Crippen LogP contribution in [0, 0.1) is 10.1 Å². The van der Waals surface area contributed by atoms with Crippen LogP contribution >= 0.6 is 35.0 Å². The molecule has 0 aliphatic carbocycles. The summed E-state index contributed by atoms with van der Waals surface area (Å²) >= 11 is 12.8. The molecular weight excluding hydrogens is 584 g/mol. The molecule has 0 atom stereocenters. The summed E-state index contributed by atoms with van der Waals surface area (Å²) in [4.78, 5) is 37.0. The minimum Gasteiger partial charge on any atom is -0.493 e. The average molecular weight is 599 g/mol. The lowest BCUT2D eigenvalue weighted by atomic mass is 10.1. The first-order chi connectivity index (χ1) is 18.4. The van der Waals surface area contributed by atoms with Crippen LogP contribution in [0.5, 0.6) is 17.2 Å². The molecule has 8 nitrogen and oxygen atoms in total. The van der Waals surface area contributed by atoms with Crippen molar-refractivity contribution in [1.29, 1.82) is 0 Å². The van der Waals surface area contributed by atoms with Gasteiger partial charge in [0.05, 0.1) is 29.0 Å². The van der Waals surface area contributed by atoms with Crippen molar-refractivity contribution in [3.8, 4) is 17.2 Å². The molecule has 202 valence electrons. The number of thioether (sulfide) groups is 1. The fourth-order valence-corrected chi connectivity index (χ4v) is 4.81. The fourth-order valence-electron chi connectivity index (χ4n) is 3.51. The van der Waals surface area contributed by atoms with Crippen LogP contribution in [0.25, 0.3) is 6.08 Å². The second-order valence-corrected chi connectivity index (χ2v) is 9.79. The second-order valence-electron chi connectivity index (χ2n) is 7.95. The van der Waals surface area contributed by atoms with E-state index in [-0.39, 0.29) is 22.9 Å². The predicted octanol–water partition coefficient (Wildman–Crippen LogP) is 7.96. The Hall–Kier alpha value is -3.74. The lowest BCUT2D eigenvalue weighted by Crippen LogP contribution is -2.27. The Morgan fingerprint density at radius 2 is 1.74 bits per heavy atom. The molecular formula is C25H15Cl2F3N2O6S. The highest BCUT2D eigenvalue weighted by Gasteiger charge is 2.36. The average Bonchev–Trinajstić information content (AvgIpc) is 3.13. The van der Waals surface area contributed by atoms with Gasteiger partial charge in [0, 0.05) is 16.1 Å². The number of alkyl halides is 3. The summed E-state index contributed by atoms with van der Waals surface area (Å²) < 4.78 is 49.8. The molecule has 14 heteroatoms. The summed E-state index contributed by atoms with van der Waals surface area (Å²) in [5.74, 6) is -0.926. The number of amides is 2. The standard InChI is InChI=1S/C25H15Cl2F3N2O6S/c1-37-21-8-13(2-6-20(21)38-19-7-4-15(25(28,29)30)10-18(19)32(35)36)9-22-23(33)31(24(34)39-22)12-14-3-5-16(26)11-17(14)27/h2-11H,12H2,1H3/b22-9+. The summed E-state index contributed by atoms with van der Waals surface area (Å²) in [7, 11) is 1.29. The molecule has 3 aromatic rings. The number of carbonyl (C=O) groups is 2. The first-order valence-corrected chi connectivity index (χ1v) is 12.4. The Labute approximate surface area is 233 Å². The summed E-state index contributed by atoms with van der Waals surface area (Å²) in [6.07, 6.45) is -3.33. The van der Waals surface area contributed by atoms with Crippen LogP contribution in [-0.4, -0.2) is 28.1 Å². The molecule has 1 heterocycles. The maximum absolute atomic E-state index is 13.0. The molecule has 4 rings (SSSR count). The van der Waals surface area contributed by atoms with Crippen molar-refractivity contribution in [3.05, 3.63) is 96.4 Å². The van der Waals surface area contributed by atoms with E-state index in [1.54, 1.807) is 12.1 Å².